The normalized spacial score (nSPS) is 15.0. The number of morpholine rings is 1. The Hall–Kier alpha value is -2.26. The van der Waals surface area contributed by atoms with Gasteiger partial charge in [0.25, 0.3) is 5.91 Å². The minimum absolute atomic E-state index is 0.0982. The molecule has 7 nitrogen and oxygen atoms in total. The number of ether oxygens (including phenoxy) is 1. The van der Waals surface area contributed by atoms with Gasteiger partial charge in [-0.15, -0.1) is 0 Å². The van der Waals surface area contributed by atoms with E-state index in [-0.39, 0.29) is 17.3 Å². The maximum atomic E-state index is 12.8. The third-order valence-electron chi connectivity index (χ3n) is 5.53. The van der Waals surface area contributed by atoms with Crippen LogP contribution in [0.15, 0.2) is 53.4 Å². The lowest BCUT2D eigenvalue weighted by atomic mass is 10.1. The number of sulfonamides is 1. The summed E-state index contributed by atoms with van der Waals surface area (Å²) in [4.78, 5) is 16.6. The van der Waals surface area contributed by atoms with Gasteiger partial charge >= 0.3 is 0 Å². The zero-order chi connectivity index (χ0) is 22.3. The molecule has 0 saturated carbocycles. The average Bonchev–Trinajstić information content (AvgIpc) is 2.80. The molecule has 168 valence electrons. The summed E-state index contributed by atoms with van der Waals surface area (Å²) < 4.78 is 33.7. The molecule has 2 aromatic carbocycles. The number of hydrogen-bond donors (Lipinski definition) is 1. The molecule has 0 aromatic heterocycles. The van der Waals surface area contributed by atoms with Gasteiger partial charge in [-0.25, -0.2) is 13.1 Å². The minimum atomic E-state index is -3.69. The molecule has 1 amide bonds. The summed E-state index contributed by atoms with van der Waals surface area (Å²) >= 11 is 0. The Morgan fingerprint density at radius 2 is 1.61 bits per heavy atom. The molecule has 0 bridgehead atoms. The molecule has 0 radical (unpaired) electrons. The summed E-state index contributed by atoms with van der Waals surface area (Å²) in [7, 11) is -3.69. The number of carbonyl (C=O) groups excluding carboxylic acids is 1. The van der Waals surface area contributed by atoms with Crippen LogP contribution in [-0.2, 0) is 27.8 Å². The molecule has 1 fully saturated rings. The smallest absolute Gasteiger partial charge is 0.253 e. The van der Waals surface area contributed by atoms with Gasteiger partial charge in [-0.3, -0.25) is 9.69 Å². The first-order chi connectivity index (χ1) is 14.9. The molecule has 0 unspecified atom stereocenters. The number of benzene rings is 2. The van der Waals surface area contributed by atoms with Crippen molar-refractivity contribution < 1.29 is 17.9 Å². The van der Waals surface area contributed by atoms with E-state index in [0.29, 0.717) is 18.7 Å². The summed E-state index contributed by atoms with van der Waals surface area (Å²) in [6, 6.07) is 14.0. The van der Waals surface area contributed by atoms with E-state index in [1.807, 2.05) is 38.1 Å². The van der Waals surface area contributed by atoms with E-state index in [4.69, 9.17) is 4.74 Å². The fraction of sp³-hybridized carbons (Fsp3) is 0.435. The van der Waals surface area contributed by atoms with Gasteiger partial charge in [0.05, 0.1) is 18.1 Å². The van der Waals surface area contributed by atoms with Crippen LogP contribution in [0.25, 0.3) is 0 Å². The van der Waals surface area contributed by atoms with Crippen LogP contribution in [0, 0.1) is 0 Å². The van der Waals surface area contributed by atoms with Crippen molar-refractivity contribution in [3.05, 3.63) is 65.2 Å². The van der Waals surface area contributed by atoms with Gasteiger partial charge in [0, 0.05) is 44.8 Å². The second-order valence-electron chi connectivity index (χ2n) is 7.48. The minimum Gasteiger partial charge on any atom is -0.379 e. The van der Waals surface area contributed by atoms with Crippen molar-refractivity contribution in [1.82, 2.24) is 14.5 Å². The molecular formula is C23H31N3O4S. The van der Waals surface area contributed by atoms with E-state index < -0.39 is 10.0 Å². The van der Waals surface area contributed by atoms with Gasteiger partial charge < -0.3 is 9.64 Å². The maximum Gasteiger partial charge on any atom is 0.253 e. The standard InChI is InChI=1S/C23H31N3O4S/c1-3-26(4-2)23(27)19-9-11-22(12-10-19)31(28,29)24-17-20-7-5-6-8-21(20)18-25-13-15-30-16-14-25/h5-12,24H,3-4,13-18H2,1-2H3. The highest BCUT2D eigenvalue weighted by atomic mass is 32.2. The summed E-state index contributed by atoms with van der Waals surface area (Å²) in [6.07, 6.45) is 0. The van der Waals surface area contributed by atoms with Crippen LogP contribution in [0.5, 0.6) is 0 Å². The molecule has 8 heteroatoms. The highest BCUT2D eigenvalue weighted by Gasteiger charge is 2.18. The molecule has 3 rings (SSSR count). The first-order valence-corrected chi connectivity index (χ1v) is 12.2. The van der Waals surface area contributed by atoms with Crippen molar-refractivity contribution in [1.29, 1.82) is 0 Å². The van der Waals surface area contributed by atoms with Crippen LogP contribution in [0.4, 0.5) is 0 Å². The predicted molar refractivity (Wildman–Crippen MR) is 120 cm³/mol. The quantitative estimate of drug-likeness (QED) is 0.642. The number of hydrogen-bond acceptors (Lipinski definition) is 5. The van der Waals surface area contributed by atoms with Crippen molar-refractivity contribution >= 4 is 15.9 Å². The highest BCUT2D eigenvalue weighted by Crippen LogP contribution is 2.16. The fourth-order valence-electron chi connectivity index (χ4n) is 3.61. The summed E-state index contributed by atoms with van der Waals surface area (Å²) in [5.74, 6) is -0.0982. The van der Waals surface area contributed by atoms with Crippen molar-refractivity contribution in [2.45, 2.75) is 31.8 Å². The summed E-state index contributed by atoms with van der Waals surface area (Å²) in [5, 5.41) is 0. The molecular weight excluding hydrogens is 414 g/mol. The average molecular weight is 446 g/mol. The van der Waals surface area contributed by atoms with E-state index in [1.54, 1.807) is 17.0 Å². The van der Waals surface area contributed by atoms with Gasteiger partial charge in [-0.2, -0.15) is 0 Å². The predicted octanol–water partition coefficient (Wildman–Crippen LogP) is 2.48. The summed E-state index contributed by atoms with van der Waals surface area (Å²) in [6.45, 7) is 9.23. The molecule has 1 aliphatic rings. The van der Waals surface area contributed by atoms with Crippen molar-refractivity contribution in [2.24, 2.45) is 0 Å². The molecule has 2 aromatic rings. The van der Waals surface area contributed by atoms with Crippen LogP contribution < -0.4 is 4.72 Å². The van der Waals surface area contributed by atoms with Crippen molar-refractivity contribution in [3.8, 4) is 0 Å². The lowest BCUT2D eigenvalue weighted by Gasteiger charge is -2.27. The summed E-state index contributed by atoms with van der Waals surface area (Å²) in [5.41, 5.74) is 2.54. The SMILES string of the molecule is CCN(CC)C(=O)c1ccc(S(=O)(=O)NCc2ccccc2CN2CCOCC2)cc1. The van der Waals surface area contributed by atoms with Gasteiger partial charge in [0.15, 0.2) is 0 Å². The number of carbonyl (C=O) groups is 1. The Bertz CT molecular complexity index is 967. The number of amides is 1. The zero-order valence-electron chi connectivity index (χ0n) is 18.2. The number of nitrogens with one attached hydrogen (secondary N) is 1. The van der Waals surface area contributed by atoms with Crippen LogP contribution in [0.1, 0.15) is 35.3 Å². The third-order valence-corrected chi connectivity index (χ3v) is 6.95. The molecule has 0 aliphatic carbocycles. The van der Waals surface area contributed by atoms with Gasteiger partial charge in [0.1, 0.15) is 0 Å². The molecule has 0 spiro atoms. The van der Waals surface area contributed by atoms with Crippen LogP contribution in [0.2, 0.25) is 0 Å². The number of nitrogens with zero attached hydrogens (tertiary/aromatic N) is 2. The van der Waals surface area contributed by atoms with Crippen molar-refractivity contribution in [3.63, 3.8) is 0 Å². The number of rotatable bonds is 9. The lowest BCUT2D eigenvalue weighted by Crippen LogP contribution is -2.36. The first kappa shape index (κ1) is 23.4. The van der Waals surface area contributed by atoms with E-state index in [9.17, 15) is 13.2 Å². The van der Waals surface area contributed by atoms with Crippen LogP contribution in [-0.4, -0.2) is 63.5 Å². The van der Waals surface area contributed by atoms with Gasteiger partial charge in [-0.05, 0) is 49.2 Å². The van der Waals surface area contributed by atoms with E-state index in [0.717, 1.165) is 44.0 Å². The van der Waals surface area contributed by atoms with E-state index in [2.05, 4.69) is 9.62 Å². The molecule has 1 N–H and O–H groups in total. The van der Waals surface area contributed by atoms with Crippen LogP contribution >= 0.6 is 0 Å². The molecule has 1 aliphatic heterocycles. The Labute approximate surface area is 185 Å². The van der Waals surface area contributed by atoms with Crippen molar-refractivity contribution in [2.75, 3.05) is 39.4 Å². The molecule has 0 atom stereocenters. The van der Waals surface area contributed by atoms with Crippen LogP contribution in [0.3, 0.4) is 0 Å². The Kier molecular flexibility index (Phi) is 8.20. The Balaban J connectivity index is 1.67. The maximum absolute atomic E-state index is 12.8. The Morgan fingerprint density at radius 3 is 2.23 bits per heavy atom. The molecule has 31 heavy (non-hydrogen) atoms. The van der Waals surface area contributed by atoms with E-state index in [1.165, 1.54) is 12.1 Å². The van der Waals surface area contributed by atoms with Gasteiger partial charge in [-0.1, -0.05) is 24.3 Å². The second-order valence-corrected chi connectivity index (χ2v) is 9.25. The first-order valence-electron chi connectivity index (χ1n) is 10.7. The highest BCUT2D eigenvalue weighted by molar-refractivity contribution is 7.89. The molecule has 1 heterocycles. The molecule has 1 saturated heterocycles. The topological polar surface area (TPSA) is 79.0 Å². The lowest BCUT2D eigenvalue weighted by molar-refractivity contribution is 0.0341. The second kappa shape index (κ2) is 10.9. The monoisotopic (exact) mass is 445 g/mol. The third kappa shape index (κ3) is 6.13. The fourth-order valence-corrected chi connectivity index (χ4v) is 4.62. The zero-order valence-corrected chi connectivity index (χ0v) is 19.0. The van der Waals surface area contributed by atoms with E-state index >= 15 is 0 Å². The Morgan fingerprint density at radius 1 is 1.00 bits per heavy atom. The largest absolute Gasteiger partial charge is 0.379 e. The van der Waals surface area contributed by atoms with Gasteiger partial charge in [0.2, 0.25) is 10.0 Å².